The summed E-state index contributed by atoms with van der Waals surface area (Å²) < 4.78 is 0.774. The summed E-state index contributed by atoms with van der Waals surface area (Å²) in [6.45, 7) is 6.31. The van der Waals surface area contributed by atoms with Gasteiger partial charge in [0.1, 0.15) is 5.69 Å². The molecule has 1 aromatic heterocycles. The van der Waals surface area contributed by atoms with Gasteiger partial charge in [-0.25, -0.2) is 0 Å². The predicted octanol–water partition coefficient (Wildman–Crippen LogP) is 3.18. The molecule has 0 saturated heterocycles. The molecule has 0 aliphatic carbocycles. The molecular weight excluding hydrogens is 414 g/mol. The summed E-state index contributed by atoms with van der Waals surface area (Å²) in [6, 6.07) is 12.1. The van der Waals surface area contributed by atoms with Crippen LogP contribution in [0.25, 0.3) is 12.2 Å². The summed E-state index contributed by atoms with van der Waals surface area (Å²) in [5.74, 6) is -0.210. The van der Waals surface area contributed by atoms with Gasteiger partial charge in [0.2, 0.25) is 0 Å². The third-order valence-electron chi connectivity index (χ3n) is 4.76. The van der Waals surface area contributed by atoms with Crippen LogP contribution < -0.4 is 20.1 Å². The minimum Gasteiger partial charge on any atom is -0.383 e. The van der Waals surface area contributed by atoms with Crippen molar-refractivity contribution in [2.24, 2.45) is 0 Å². The molecule has 3 rings (SSSR count). The van der Waals surface area contributed by atoms with E-state index in [9.17, 15) is 19.7 Å². The Bertz CT molecular complexity index is 1310. The zero-order valence-electron chi connectivity index (χ0n) is 17.7. The van der Waals surface area contributed by atoms with Crippen LogP contribution in [-0.2, 0) is 5.41 Å². The van der Waals surface area contributed by atoms with E-state index in [1.807, 2.05) is 12.1 Å². The van der Waals surface area contributed by atoms with Crippen molar-refractivity contribution >= 4 is 40.6 Å². The molecular formula is C23H23N3O4S. The van der Waals surface area contributed by atoms with Crippen molar-refractivity contribution in [3.05, 3.63) is 88.8 Å². The first-order valence-electron chi connectivity index (χ1n) is 9.62. The molecule has 3 aromatic rings. The second kappa shape index (κ2) is 8.69. The van der Waals surface area contributed by atoms with Gasteiger partial charge in [-0.15, -0.1) is 11.3 Å². The molecule has 8 heteroatoms. The lowest BCUT2D eigenvalue weighted by molar-refractivity contribution is -0.384. The molecule has 0 aliphatic rings. The fourth-order valence-electron chi connectivity index (χ4n) is 3.01. The summed E-state index contributed by atoms with van der Waals surface area (Å²) in [5.41, 5.74) is 2.13. The number of hydrogen-bond donors (Lipinski definition) is 2. The molecule has 0 atom stereocenters. The Morgan fingerprint density at radius 1 is 1.16 bits per heavy atom. The number of H-pyrrole nitrogens is 1. The van der Waals surface area contributed by atoms with Crippen LogP contribution in [0.1, 0.15) is 42.3 Å². The largest absolute Gasteiger partial charge is 0.383 e. The zero-order valence-corrected chi connectivity index (χ0v) is 18.5. The van der Waals surface area contributed by atoms with Crippen molar-refractivity contribution in [2.45, 2.75) is 26.2 Å². The molecule has 0 bridgehead atoms. The van der Waals surface area contributed by atoms with E-state index in [-0.39, 0.29) is 22.4 Å². The average molecular weight is 438 g/mol. The van der Waals surface area contributed by atoms with E-state index in [2.05, 4.69) is 31.1 Å². The minimum absolute atomic E-state index is 0.00448. The van der Waals surface area contributed by atoms with Crippen molar-refractivity contribution < 1.29 is 9.72 Å². The highest BCUT2D eigenvalue weighted by Gasteiger charge is 2.14. The van der Waals surface area contributed by atoms with E-state index in [1.54, 1.807) is 37.4 Å². The maximum Gasteiger partial charge on any atom is 0.292 e. The summed E-state index contributed by atoms with van der Waals surface area (Å²) in [4.78, 5) is 38.3. The Hall–Kier alpha value is -3.52. The molecule has 0 aliphatic heterocycles. The second-order valence-electron chi connectivity index (χ2n) is 8.05. The molecule has 1 heterocycles. The van der Waals surface area contributed by atoms with Crippen LogP contribution in [0.3, 0.4) is 0 Å². The standard InChI is InChI=1S/C23H23N3O4S/c1-23(2,3)16-8-6-15(7-9-16)19(27)13-21-25-22(28)20(31-21)12-14-5-10-17(24-4)18(11-14)26(29)30/h5-13,24H,1-4H3,(H,25,28)/b20-12+,21-13-. The number of aromatic nitrogens is 1. The number of nitro benzene ring substituents is 1. The number of nitrogens with one attached hydrogen (secondary N) is 2. The van der Waals surface area contributed by atoms with E-state index < -0.39 is 4.92 Å². The Morgan fingerprint density at radius 3 is 2.42 bits per heavy atom. The van der Waals surface area contributed by atoms with Gasteiger partial charge in [-0.05, 0) is 28.7 Å². The van der Waals surface area contributed by atoms with Gasteiger partial charge in [-0.1, -0.05) is 51.1 Å². The number of Topliss-reactive ketones (excluding diaryl/α,β-unsaturated/α-hetero) is 1. The van der Waals surface area contributed by atoms with E-state index in [4.69, 9.17) is 0 Å². The maximum atomic E-state index is 12.6. The van der Waals surface area contributed by atoms with Crippen LogP contribution in [-0.4, -0.2) is 22.7 Å². The van der Waals surface area contributed by atoms with Crippen LogP contribution >= 0.6 is 11.3 Å². The number of benzene rings is 2. The summed E-state index contributed by atoms with van der Waals surface area (Å²) >= 11 is 1.12. The van der Waals surface area contributed by atoms with Crippen molar-refractivity contribution in [3.63, 3.8) is 0 Å². The van der Waals surface area contributed by atoms with Gasteiger partial charge in [-0.3, -0.25) is 19.7 Å². The first-order chi connectivity index (χ1) is 14.6. The van der Waals surface area contributed by atoms with E-state index in [0.29, 0.717) is 26.0 Å². The number of nitro groups is 1. The quantitative estimate of drug-likeness (QED) is 0.362. The topological polar surface area (TPSA) is 105 Å². The number of nitrogens with zero attached hydrogens (tertiary/aromatic N) is 1. The van der Waals surface area contributed by atoms with Gasteiger partial charge in [0.25, 0.3) is 11.2 Å². The first-order valence-corrected chi connectivity index (χ1v) is 10.4. The molecule has 31 heavy (non-hydrogen) atoms. The van der Waals surface area contributed by atoms with Crippen molar-refractivity contribution in [1.82, 2.24) is 4.98 Å². The second-order valence-corrected chi connectivity index (χ2v) is 9.13. The third kappa shape index (κ3) is 5.16. The highest BCUT2D eigenvalue weighted by Crippen LogP contribution is 2.25. The normalized spacial score (nSPS) is 12.8. The Morgan fingerprint density at radius 2 is 1.84 bits per heavy atom. The van der Waals surface area contributed by atoms with Crippen molar-refractivity contribution in [2.75, 3.05) is 12.4 Å². The van der Waals surface area contributed by atoms with E-state index in [0.717, 1.165) is 16.9 Å². The average Bonchev–Trinajstić information content (AvgIpc) is 3.05. The molecule has 0 fully saturated rings. The van der Waals surface area contributed by atoms with Crippen LogP contribution in [0.15, 0.2) is 47.3 Å². The van der Waals surface area contributed by atoms with E-state index in [1.165, 1.54) is 12.1 Å². The molecule has 7 nitrogen and oxygen atoms in total. The van der Waals surface area contributed by atoms with Gasteiger partial charge < -0.3 is 10.3 Å². The SMILES string of the molecule is CNc1ccc(/C=c2/s/c(=C\C(=O)c3ccc(C(C)(C)C)cc3)[nH]c2=O)cc1[N+](=O)[O-]. The number of anilines is 1. The van der Waals surface area contributed by atoms with Crippen LogP contribution in [0.5, 0.6) is 0 Å². The van der Waals surface area contributed by atoms with Gasteiger partial charge in [0, 0.05) is 24.8 Å². The Kier molecular flexibility index (Phi) is 6.21. The van der Waals surface area contributed by atoms with Crippen molar-refractivity contribution in [3.8, 4) is 0 Å². The molecule has 0 saturated carbocycles. The number of carbonyl (C=O) groups is 1. The lowest BCUT2D eigenvalue weighted by Gasteiger charge is -2.18. The highest BCUT2D eigenvalue weighted by atomic mass is 32.1. The van der Waals surface area contributed by atoms with Gasteiger partial charge >= 0.3 is 0 Å². The molecule has 0 spiro atoms. The monoisotopic (exact) mass is 437 g/mol. The number of aromatic amines is 1. The number of hydrogen-bond acceptors (Lipinski definition) is 6. The number of carbonyl (C=O) groups excluding carboxylic acids is 1. The minimum atomic E-state index is -0.482. The van der Waals surface area contributed by atoms with Gasteiger partial charge in [0.05, 0.1) is 14.1 Å². The Labute approximate surface area is 182 Å². The lowest BCUT2D eigenvalue weighted by Crippen LogP contribution is -2.20. The van der Waals surface area contributed by atoms with E-state index >= 15 is 0 Å². The van der Waals surface area contributed by atoms with Crippen LogP contribution in [0.2, 0.25) is 0 Å². The summed E-state index contributed by atoms with van der Waals surface area (Å²) in [7, 11) is 1.60. The fraction of sp³-hybridized carbons (Fsp3) is 0.217. The number of ketones is 1. The van der Waals surface area contributed by atoms with Crippen LogP contribution in [0.4, 0.5) is 11.4 Å². The smallest absolute Gasteiger partial charge is 0.292 e. The fourth-order valence-corrected chi connectivity index (χ4v) is 3.90. The molecule has 160 valence electrons. The number of thiazole rings is 1. The Balaban J connectivity index is 1.94. The molecule has 2 N–H and O–H groups in total. The maximum absolute atomic E-state index is 12.6. The molecule has 0 radical (unpaired) electrons. The summed E-state index contributed by atoms with van der Waals surface area (Å²) in [5, 5.41) is 14.0. The highest BCUT2D eigenvalue weighted by molar-refractivity contribution is 7.07. The molecule has 2 aromatic carbocycles. The number of rotatable bonds is 5. The zero-order chi connectivity index (χ0) is 22.8. The molecule has 0 amide bonds. The van der Waals surface area contributed by atoms with Crippen molar-refractivity contribution in [1.29, 1.82) is 0 Å². The predicted molar refractivity (Wildman–Crippen MR) is 124 cm³/mol. The van der Waals surface area contributed by atoms with Crippen LogP contribution in [0, 0.1) is 10.1 Å². The lowest BCUT2D eigenvalue weighted by atomic mass is 9.86. The summed E-state index contributed by atoms with van der Waals surface area (Å²) in [6.07, 6.45) is 2.96. The molecule has 0 unspecified atom stereocenters. The third-order valence-corrected chi connectivity index (χ3v) is 5.73. The first kappa shape index (κ1) is 22.2. The van der Waals surface area contributed by atoms with Gasteiger partial charge in [-0.2, -0.15) is 0 Å². The van der Waals surface area contributed by atoms with Gasteiger partial charge in [0.15, 0.2) is 5.78 Å².